The molecule has 2 aromatic rings. The lowest BCUT2D eigenvalue weighted by atomic mass is 10.1. The number of non-ortho nitro benzene ring substituents is 1. The second-order valence-electron chi connectivity index (χ2n) is 6.37. The monoisotopic (exact) mass is 460 g/mol. The van der Waals surface area contributed by atoms with Gasteiger partial charge >= 0.3 is 6.18 Å². The van der Waals surface area contributed by atoms with E-state index in [-0.39, 0.29) is 36.0 Å². The minimum Gasteiger partial charge on any atom is -0.384 e. The molecule has 0 atom stereocenters. The molecule has 0 aliphatic carbocycles. The number of nitro groups is 1. The Hall–Kier alpha value is -3.19. The van der Waals surface area contributed by atoms with E-state index in [2.05, 4.69) is 15.4 Å². The van der Waals surface area contributed by atoms with Crippen molar-refractivity contribution in [3.05, 3.63) is 58.1 Å². The molecule has 0 aromatic heterocycles. The van der Waals surface area contributed by atoms with Crippen molar-refractivity contribution in [2.45, 2.75) is 24.4 Å². The minimum absolute atomic E-state index is 0.00905. The van der Waals surface area contributed by atoms with Crippen molar-refractivity contribution < 1.29 is 31.3 Å². The Morgan fingerprint density at radius 2 is 1.74 bits per heavy atom. The number of nitrogens with zero attached hydrogens (tertiary/aromatic N) is 1. The Bertz CT molecular complexity index is 1060. The molecule has 0 unspecified atom stereocenters. The molecule has 0 saturated heterocycles. The number of nitro benzene ring substituents is 1. The number of amides is 1. The highest BCUT2D eigenvalue weighted by atomic mass is 32.2. The van der Waals surface area contributed by atoms with Gasteiger partial charge in [-0.15, -0.1) is 0 Å². The highest BCUT2D eigenvalue weighted by Crippen LogP contribution is 2.37. The van der Waals surface area contributed by atoms with Crippen LogP contribution in [0.25, 0.3) is 0 Å². The summed E-state index contributed by atoms with van der Waals surface area (Å²) in [7, 11) is -3.84. The maximum atomic E-state index is 13.1. The van der Waals surface area contributed by atoms with Crippen LogP contribution in [-0.2, 0) is 21.0 Å². The van der Waals surface area contributed by atoms with Crippen LogP contribution in [0.2, 0.25) is 0 Å². The normalized spacial score (nSPS) is 11.7. The molecule has 0 bridgehead atoms. The van der Waals surface area contributed by atoms with Crippen LogP contribution in [0, 0.1) is 10.1 Å². The van der Waals surface area contributed by atoms with Gasteiger partial charge < -0.3 is 10.6 Å². The average Bonchev–Trinajstić information content (AvgIpc) is 2.66. The molecule has 0 radical (unpaired) electrons. The first-order chi connectivity index (χ1) is 14.4. The number of hydrogen-bond acceptors (Lipinski definition) is 6. The molecule has 0 aliphatic rings. The van der Waals surface area contributed by atoms with E-state index in [9.17, 15) is 36.5 Å². The fourth-order valence-corrected chi connectivity index (χ4v) is 3.63. The zero-order valence-electron chi connectivity index (χ0n) is 16.2. The molecule has 1 amide bonds. The molecule has 0 heterocycles. The number of benzene rings is 2. The second kappa shape index (κ2) is 9.75. The van der Waals surface area contributed by atoms with Crippen molar-refractivity contribution in [3.8, 4) is 0 Å². The minimum atomic E-state index is -4.79. The van der Waals surface area contributed by atoms with Crippen LogP contribution in [0.1, 0.15) is 18.9 Å². The van der Waals surface area contributed by atoms with E-state index in [1.807, 2.05) is 0 Å². The van der Waals surface area contributed by atoms with E-state index in [0.717, 1.165) is 12.1 Å². The third-order valence-electron chi connectivity index (χ3n) is 3.97. The van der Waals surface area contributed by atoms with Gasteiger partial charge in [0.15, 0.2) is 0 Å². The third-order valence-corrected chi connectivity index (χ3v) is 5.44. The van der Waals surface area contributed by atoms with Crippen molar-refractivity contribution in [3.63, 3.8) is 0 Å². The van der Waals surface area contributed by atoms with E-state index in [1.165, 1.54) is 31.2 Å². The summed E-state index contributed by atoms with van der Waals surface area (Å²) in [6.45, 7) is 1.25. The summed E-state index contributed by atoms with van der Waals surface area (Å²) in [4.78, 5) is 20.7. The van der Waals surface area contributed by atoms with E-state index in [4.69, 9.17) is 0 Å². The van der Waals surface area contributed by atoms with Crippen molar-refractivity contribution in [2.24, 2.45) is 0 Å². The summed E-state index contributed by atoms with van der Waals surface area (Å²) < 4.78 is 66.2. The SMILES string of the molecule is CC(=O)Nc1ccc(S(=O)(=O)NCCCNc2ccc([N+](=O)[O-])cc2C(F)(F)F)cc1. The molecular weight excluding hydrogens is 441 g/mol. The lowest BCUT2D eigenvalue weighted by molar-refractivity contribution is -0.385. The number of carbonyl (C=O) groups excluding carboxylic acids is 1. The zero-order chi connectivity index (χ0) is 23.2. The smallest absolute Gasteiger partial charge is 0.384 e. The van der Waals surface area contributed by atoms with Crippen LogP contribution in [0.3, 0.4) is 0 Å². The number of nitrogens with one attached hydrogen (secondary N) is 3. The Kier molecular flexibility index (Phi) is 7.57. The van der Waals surface area contributed by atoms with E-state index in [1.54, 1.807) is 0 Å². The maximum absolute atomic E-state index is 13.1. The van der Waals surface area contributed by atoms with Crippen molar-refractivity contribution >= 4 is 33.0 Å². The molecule has 3 N–H and O–H groups in total. The average molecular weight is 460 g/mol. The number of carbonyl (C=O) groups is 1. The fraction of sp³-hybridized carbons (Fsp3) is 0.278. The van der Waals surface area contributed by atoms with Gasteiger partial charge in [-0.2, -0.15) is 13.2 Å². The fourth-order valence-electron chi connectivity index (χ4n) is 2.56. The Labute approximate surface area is 175 Å². The third kappa shape index (κ3) is 6.93. The summed E-state index contributed by atoms with van der Waals surface area (Å²) >= 11 is 0. The van der Waals surface area contributed by atoms with Crippen LogP contribution < -0.4 is 15.4 Å². The van der Waals surface area contributed by atoms with Crippen molar-refractivity contribution in [1.29, 1.82) is 0 Å². The first-order valence-corrected chi connectivity index (χ1v) is 10.4. The van der Waals surface area contributed by atoms with Gasteiger partial charge in [0.05, 0.1) is 15.4 Å². The molecular formula is C18H19F3N4O5S. The van der Waals surface area contributed by atoms with Crippen LogP contribution in [-0.4, -0.2) is 32.3 Å². The molecule has 0 spiro atoms. The number of anilines is 2. The largest absolute Gasteiger partial charge is 0.418 e. The second-order valence-corrected chi connectivity index (χ2v) is 8.14. The van der Waals surface area contributed by atoms with Gasteiger partial charge in [0.1, 0.15) is 0 Å². The Morgan fingerprint density at radius 3 is 2.29 bits per heavy atom. The molecule has 0 saturated carbocycles. The van der Waals surface area contributed by atoms with Gasteiger partial charge in [0, 0.05) is 43.5 Å². The number of halogens is 3. The van der Waals surface area contributed by atoms with E-state index < -0.39 is 32.4 Å². The molecule has 31 heavy (non-hydrogen) atoms. The summed E-state index contributed by atoms with van der Waals surface area (Å²) in [6, 6.07) is 7.80. The van der Waals surface area contributed by atoms with E-state index in [0.29, 0.717) is 11.8 Å². The molecule has 0 fully saturated rings. The molecule has 2 rings (SSSR count). The molecule has 13 heteroatoms. The van der Waals surface area contributed by atoms with Crippen LogP contribution >= 0.6 is 0 Å². The lowest BCUT2D eigenvalue weighted by Crippen LogP contribution is -2.26. The summed E-state index contributed by atoms with van der Waals surface area (Å²) in [6.07, 6.45) is -4.64. The maximum Gasteiger partial charge on any atom is 0.418 e. The number of sulfonamides is 1. The molecule has 168 valence electrons. The Balaban J connectivity index is 1.93. The highest BCUT2D eigenvalue weighted by molar-refractivity contribution is 7.89. The number of hydrogen-bond donors (Lipinski definition) is 3. The van der Waals surface area contributed by atoms with Crippen LogP contribution in [0.15, 0.2) is 47.4 Å². The summed E-state index contributed by atoms with van der Waals surface area (Å²) in [5.74, 6) is -0.303. The summed E-state index contributed by atoms with van der Waals surface area (Å²) in [5, 5.41) is 15.7. The topological polar surface area (TPSA) is 130 Å². The highest BCUT2D eigenvalue weighted by Gasteiger charge is 2.35. The van der Waals surface area contributed by atoms with E-state index >= 15 is 0 Å². The number of alkyl halides is 3. The van der Waals surface area contributed by atoms with Gasteiger partial charge in [-0.3, -0.25) is 14.9 Å². The van der Waals surface area contributed by atoms with Crippen LogP contribution in [0.4, 0.5) is 30.2 Å². The zero-order valence-corrected chi connectivity index (χ0v) is 17.0. The number of rotatable bonds is 9. The summed E-state index contributed by atoms with van der Waals surface area (Å²) in [5.41, 5.74) is -1.77. The van der Waals surface area contributed by atoms with Gasteiger partial charge in [-0.1, -0.05) is 0 Å². The predicted molar refractivity (Wildman–Crippen MR) is 107 cm³/mol. The Morgan fingerprint density at radius 1 is 1.10 bits per heavy atom. The molecule has 0 aliphatic heterocycles. The predicted octanol–water partition coefficient (Wildman–Crippen LogP) is 3.35. The molecule has 9 nitrogen and oxygen atoms in total. The standard InChI is InChI=1S/C18H19F3N4O5S/c1-12(26)24-13-3-6-15(7-4-13)31(29,30)23-10-2-9-22-17-8-5-14(25(27)28)11-16(17)18(19,20)21/h3-8,11,22-23H,2,9-10H2,1H3,(H,24,26). The van der Waals surface area contributed by atoms with Crippen molar-refractivity contribution in [1.82, 2.24) is 4.72 Å². The lowest BCUT2D eigenvalue weighted by Gasteiger charge is -2.14. The van der Waals surface area contributed by atoms with Gasteiger partial charge in [0.25, 0.3) is 5.69 Å². The van der Waals surface area contributed by atoms with Gasteiger partial charge in [-0.25, -0.2) is 13.1 Å². The quantitative estimate of drug-likeness (QED) is 0.299. The first kappa shape index (κ1) is 24.1. The van der Waals surface area contributed by atoms with Crippen LogP contribution in [0.5, 0.6) is 0 Å². The van der Waals surface area contributed by atoms with Crippen molar-refractivity contribution in [2.75, 3.05) is 23.7 Å². The van der Waals surface area contributed by atoms with Gasteiger partial charge in [-0.05, 0) is 36.8 Å². The first-order valence-electron chi connectivity index (χ1n) is 8.87. The molecule has 2 aromatic carbocycles. The van der Waals surface area contributed by atoms with Gasteiger partial charge in [0.2, 0.25) is 15.9 Å².